The molecule has 3 rings (SSSR count). The zero-order valence-electron chi connectivity index (χ0n) is 17.6. The fourth-order valence-corrected chi connectivity index (χ4v) is 3.27. The number of methoxy groups -OCH3 is 1. The topological polar surface area (TPSA) is 88.8 Å². The molecule has 0 spiro atoms. The summed E-state index contributed by atoms with van der Waals surface area (Å²) in [6.45, 7) is -0.370. The lowest BCUT2D eigenvalue weighted by Crippen LogP contribution is -2.51. The molecule has 30 heavy (non-hydrogen) atoms. The molecule has 0 bridgehead atoms. The van der Waals surface area contributed by atoms with E-state index in [4.69, 9.17) is 9.47 Å². The van der Waals surface area contributed by atoms with E-state index in [0.29, 0.717) is 12.2 Å². The Morgan fingerprint density at radius 1 is 1.03 bits per heavy atom. The second kappa shape index (κ2) is 9.86. The summed E-state index contributed by atoms with van der Waals surface area (Å²) in [6, 6.07) is 15.4. The highest BCUT2D eigenvalue weighted by Crippen LogP contribution is 2.30. The average molecular weight is 412 g/mol. The molecule has 160 valence electrons. The van der Waals surface area contributed by atoms with E-state index in [1.807, 2.05) is 66.3 Å². The number of benzene rings is 2. The SMILES string of the molecule is CNC(CO)(CO)CC(OC)c1ccc(Oc2ccc(-c3cn(C)cn3)cc2)cc1. The summed E-state index contributed by atoms with van der Waals surface area (Å²) in [7, 11) is 5.28. The van der Waals surface area contributed by atoms with Gasteiger partial charge in [0.15, 0.2) is 0 Å². The van der Waals surface area contributed by atoms with Crippen molar-refractivity contribution in [3.63, 3.8) is 0 Å². The van der Waals surface area contributed by atoms with Gasteiger partial charge in [-0.15, -0.1) is 0 Å². The lowest BCUT2D eigenvalue weighted by atomic mass is 9.90. The molecule has 0 fully saturated rings. The summed E-state index contributed by atoms with van der Waals surface area (Å²) >= 11 is 0. The lowest BCUT2D eigenvalue weighted by molar-refractivity contribution is 0.0211. The molecule has 2 aromatic carbocycles. The zero-order chi connectivity index (χ0) is 21.6. The number of aromatic nitrogens is 2. The standard InChI is InChI=1S/C23H29N3O4/c1-24-23(14-27,15-28)12-22(29-3)18-6-10-20(11-7-18)30-19-8-4-17(5-9-19)21-13-26(2)16-25-21/h4-11,13,16,22,24,27-28H,12,14-15H2,1-3H3. The van der Waals surface area contributed by atoms with Crippen LogP contribution >= 0.6 is 0 Å². The highest BCUT2D eigenvalue weighted by atomic mass is 16.5. The molecule has 0 aliphatic rings. The fourth-order valence-electron chi connectivity index (χ4n) is 3.27. The van der Waals surface area contributed by atoms with Gasteiger partial charge in [0, 0.05) is 32.3 Å². The Bertz CT molecular complexity index is 910. The van der Waals surface area contributed by atoms with E-state index >= 15 is 0 Å². The molecule has 1 heterocycles. The van der Waals surface area contributed by atoms with Crippen molar-refractivity contribution in [2.24, 2.45) is 7.05 Å². The number of likely N-dealkylation sites (N-methyl/N-ethyl adjacent to an activating group) is 1. The number of rotatable bonds is 10. The normalized spacial score (nSPS) is 12.7. The molecule has 0 aliphatic heterocycles. The molecule has 7 nitrogen and oxygen atoms in total. The highest BCUT2D eigenvalue weighted by molar-refractivity contribution is 5.59. The molecule has 0 saturated heterocycles. The largest absolute Gasteiger partial charge is 0.457 e. The third-order valence-electron chi connectivity index (χ3n) is 5.34. The Morgan fingerprint density at radius 2 is 1.63 bits per heavy atom. The van der Waals surface area contributed by atoms with Gasteiger partial charge in [0.25, 0.3) is 0 Å². The second-order valence-corrected chi connectivity index (χ2v) is 7.39. The average Bonchev–Trinajstić information content (AvgIpc) is 3.23. The number of nitrogens with zero attached hydrogens (tertiary/aromatic N) is 2. The van der Waals surface area contributed by atoms with E-state index in [1.165, 1.54) is 0 Å². The number of aliphatic hydroxyl groups excluding tert-OH is 2. The summed E-state index contributed by atoms with van der Waals surface area (Å²) in [4.78, 5) is 4.35. The number of hydrogen-bond donors (Lipinski definition) is 3. The summed E-state index contributed by atoms with van der Waals surface area (Å²) in [5, 5.41) is 22.3. The van der Waals surface area contributed by atoms with E-state index in [2.05, 4.69) is 10.3 Å². The van der Waals surface area contributed by atoms with Gasteiger partial charge in [0.05, 0.1) is 36.9 Å². The van der Waals surface area contributed by atoms with Crippen LogP contribution in [0.15, 0.2) is 61.1 Å². The Morgan fingerprint density at radius 3 is 2.10 bits per heavy atom. The van der Waals surface area contributed by atoms with E-state index < -0.39 is 5.54 Å². The van der Waals surface area contributed by atoms with Crippen LogP contribution in [0.5, 0.6) is 11.5 Å². The number of nitrogens with one attached hydrogen (secondary N) is 1. The van der Waals surface area contributed by atoms with E-state index in [1.54, 1.807) is 20.5 Å². The third kappa shape index (κ3) is 5.06. The molecule has 0 aliphatic carbocycles. The van der Waals surface area contributed by atoms with Gasteiger partial charge in [-0.2, -0.15) is 0 Å². The Kier molecular flexibility index (Phi) is 7.23. The maximum Gasteiger partial charge on any atom is 0.127 e. The summed E-state index contributed by atoms with van der Waals surface area (Å²) < 4.78 is 13.5. The summed E-state index contributed by atoms with van der Waals surface area (Å²) in [5.74, 6) is 1.45. The maximum absolute atomic E-state index is 9.67. The molecule has 0 amide bonds. The Labute approximate surface area is 176 Å². The maximum atomic E-state index is 9.67. The first-order valence-corrected chi connectivity index (χ1v) is 9.82. The predicted molar refractivity (Wildman–Crippen MR) is 115 cm³/mol. The first kappa shape index (κ1) is 22.0. The molecular weight excluding hydrogens is 382 g/mol. The van der Waals surface area contributed by atoms with Gasteiger partial charge in [-0.25, -0.2) is 4.98 Å². The molecule has 0 radical (unpaired) electrons. The van der Waals surface area contributed by atoms with Crippen molar-refractivity contribution in [2.45, 2.75) is 18.1 Å². The molecule has 7 heteroatoms. The molecular formula is C23H29N3O4. The van der Waals surface area contributed by atoms with Crippen LogP contribution in [0.1, 0.15) is 18.1 Å². The van der Waals surface area contributed by atoms with Gasteiger partial charge in [-0.3, -0.25) is 0 Å². The summed E-state index contributed by atoms with van der Waals surface area (Å²) in [6.07, 6.45) is 3.90. The number of hydrogen-bond acceptors (Lipinski definition) is 6. The quantitative estimate of drug-likeness (QED) is 0.475. The molecule has 1 unspecified atom stereocenters. The Balaban J connectivity index is 1.67. The fraction of sp³-hybridized carbons (Fsp3) is 0.348. The van der Waals surface area contributed by atoms with Crippen LogP contribution in [0.2, 0.25) is 0 Å². The van der Waals surface area contributed by atoms with E-state index in [9.17, 15) is 10.2 Å². The number of ether oxygens (including phenoxy) is 2. The van der Waals surface area contributed by atoms with Crippen LogP contribution in [-0.2, 0) is 11.8 Å². The smallest absolute Gasteiger partial charge is 0.127 e. The van der Waals surface area contributed by atoms with Crippen molar-refractivity contribution < 1.29 is 19.7 Å². The van der Waals surface area contributed by atoms with Gasteiger partial charge in [0.1, 0.15) is 11.5 Å². The summed E-state index contributed by atoms with van der Waals surface area (Å²) in [5.41, 5.74) is 2.09. The van der Waals surface area contributed by atoms with Crippen LogP contribution in [0.3, 0.4) is 0 Å². The van der Waals surface area contributed by atoms with Gasteiger partial charge in [-0.1, -0.05) is 12.1 Å². The minimum atomic E-state index is -0.800. The first-order chi connectivity index (χ1) is 14.5. The number of aryl methyl sites for hydroxylation is 1. The molecule has 1 aromatic heterocycles. The number of imidazole rings is 1. The minimum Gasteiger partial charge on any atom is -0.457 e. The zero-order valence-corrected chi connectivity index (χ0v) is 17.6. The second-order valence-electron chi connectivity index (χ2n) is 7.39. The molecule has 1 atom stereocenters. The first-order valence-electron chi connectivity index (χ1n) is 9.82. The van der Waals surface area contributed by atoms with Crippen molar-refractivity contribution >= 4 is 0 Å². The third-order valence-corrected chi connectivity index (χ3v) is 5.34. The minimum absolute atomic E-state index is 0.185. The lowest BCUT2D eigenvalue weighted by Gasteiger charge is -2.33. The van der Waals surface area contributed by atoms with E-state index in [-0.39, 0.29) is 19.3 Å². The van der Waals surface area contributed by atoms with Gasteiger partial charge >= 0.3 is 0 Å². The van der Waals surface area contributed by atoms with Gasteiger partial charge in [-0.05, 0) is 49.0 Å². The van der Waals surface area contributed by atoms with Crippen molar-refractivity contribution in [3.05, 3.63) is 66.6 Å². The molecule has 3 N–H and O–H groups in total. The molecule has 0 saturated carbocycles. The van der Waals surface area contributed by atoms with E-state index in [0.717, 1.165) is 22.6 Å². The highest BCUT2D eigenvalue weighted by Gasteiger charge is 2.31. The monoisotopic (exact) mass is 411 g/mol. The Hall–Kier alpha value is -2.71. The van der Waals surface area contributed by atoms with Crippen molar-refractivity contribution in [3.8, 4) is 22.8 Å². The van der Waals surface area contributed by atoms with Gasteiger partial charge < -0.3 is 29.6 Å². The van der Waals surface area contributed by atoms with Crippen molar-refractivity contribution in [1.82, 2.24) is 14.9 Å². The van der Waals surface area contributed by atoms with Crippen LogP contribution < -0.4 is 10.1 Å². The predicted octanol–water partition coefficient (Wildman–Crippen LogP) is 2.90. The van der Waals surface area contributed by atoms with Crippen LogP contribution in [-0.4, -0.2) is 52.7 Å². The number of aliphatic hydroxyl groups is 2. The van der Waals surface area contributed by atoms with Crippen molar-refractivity contribution in [2.75, 3.05) is 27.4 Å². The van der Waals surface area contributed by atoms with Gasteiger partial charge in [0.2, 0.25) is 0 Å². The van der Waals surface area contributed by atoms with Crippen molar-refractivity contribution in [1.29, 1.82) is 0 Å². The van der Waals surface area contributed by atoms with Crippen LogP contribution in [0.25, 0.3) is 11.3 Å². The molecule has 3 aromatic rings. The van der Waals surface area contributed by atoms with Crippen LogP contribution in [0.4, 0.5) is 0 Å². The van der Waals surface area contributed by atoms with Crippen LogP contribution in [0, 0.1) is 0 Å².